The minimum atomic E-state index is -5.60. The van der Waals surface area contributed by atoms with Gasteiger partial charge in [-0.15, -0.1) is 11.3 Å². The Balaban J connectivity index is 1.96. The summed E-state index contributed by atoms with van der Waals surface area (Å²) in [5.74, 6) is -0.624. The summed E-state index contributed by atoms with van der Waals surface area (Å²) in [4.78, 5) is 4.40. The van der Waals surface area contributed by atoms with E-state index >= 15 is 0 Å². The van der Waals surface area contributed by atoms with Crippen molar-refractivity contribution < 1.29 is 26.7 Å². The number of benzene rings is 2. The van der Waals surface area contributed by atoms with Gasteiger partial charge in [0, 0.05) is 5.56 Å². The molecule has 0 unspecified atom stereocenters. The molecule has 0 fully saturated rings. The summed E-state index contributed by atoms with van der Waals surface area (Å²) in [6.07, 6.45) is 0. The van der Waals surface area contributed by atoms with Gasteiger partial charge < -0.3 is 5.11 Å². The van der Waals surface area contributed by atoms with Crippen LogP contribution >= 0.6 is 11.3 Å². The van der Waals surface area contributed by atoms with E-state index in [9.17, 15) is 26.7 Å². The zero-order valence-electron chi connectivity index (χ0n) is 12.6. The molecule has 25 heavy (non-hydrogen) atoms. The van der Waals surface area contributed by atoms with Gasteiger partial charge >= 0.3 is 15.5 Å². The average molecular weight is 388 g/mol. The summed E-state index contributed by atoms with van der Waals surface area (Å²) in [6.45, 7) is 1.94. The Bertz CT molecular complexity index is 1060. The highest BCUT2D eigenvalue weighted by molar-refractivity contribution is 7.93. The van der Waals surface area contributed by atoms with E-state index in [1.165, 1.54) is 28.2 Å². The summed E-state index contributed by atoms with van der Waals surface area (Å²) < 4.78 is 61.7. The second-order valence-electron chi connectivity index (χ2n) is 5.27. The number of aryl methyl sites for hydroxylation is 1. The number of phenolic OH excluding ortho intramolecular Hbond substituents is 1. The summed E-state index contributed by atoms with van der Waals surface area (Å²) in [6, 6.07) is 9.31. The van der Waals surface area contributed by atoms with Crippen molar-refractivity contribution in [2.75, 3.05) is 4.72 Å². The minimum Gasteiger partial charge on any atom is -0.506 e. The van der Waals surface area contributed by atoms with E-state index in [0.29, 0.717) is 10.6 Å². The predicted molar refractivity (Wildman–Crippen MR) is 90.1 cm³/mol. The Morgan fingerprint density at radius 2 is 1.88 bits per heavy atom. The van der Waals surface area contributed by atoms with Gasteiger partial charge in [0.15, 0.2) is 0 Å². The van der Waals surface area contributed by atoms with Crippen LogP contribution in [0.25, 0.3) is 20.8 Å². The first-order valence-corrected chi connectivity index (χ1v) is 9.16. The lowest BCUT2D eigenvalue weighted by Gasteiger charge is -2.12. The maximum atomic E-state index is 12.4. The van der Waals surface area contributed by atoms with Gasteiger partial charge in [0.25, 0.3) is 0 Å². The lowest BCUT2D eigenvalue weighted by Crippen LogP contribution is -2.29. The third-order valence-corrected chi connectivity index (χ3v) is 5.50. The lowest BCUT2D eigenvalue weighted by molar-refractivity contribution is -0.0429. The molecule has 0 aliphatic rings. The van der Waals surface area contributed by atoms with E-state index in [0.717, 1.165) is 21.8 Å². The third-order valence-electron chi connectivity index (χ3n) is 3.34. The molecule has 0 aliphatic carbocycles. The van der Waals surface area contributed by atoms with Crippen molar-refractivity contribution >= 4 is 37.3 Å². The first-order valence-electron chi connectivity index (χ1n) is 6.86. The zero-order chi connectivity index (χ0) is 18.4. The van der Waals surface area contributed by atoms with Crippen molar-refractivity contribution in [3.8, 4) is 16.3 Å². The number of aromatic hydroxyl groups is 1. The Labute approximate surface area is 144 Å². The quantitative estimate of drug-likeness (QED) is 0.658. The standard InChI is InChI=1S/C15H11F3N2O3S2/c1-8-2-4-11-13(6-8)24-14(19-11)9-3-5-10(12(21)7-9)20-25(22,23)15(16,17)18/h2-7,20-21H,1H3. The molecule has 1 aromatic heterocycles. The molecule has 10 heteroatoms. The molecular formula is C15H11F3N2O3S2. The monoisotopic (exact) mass is 388 g/mol. The van der Waals surface area contributed by atoms with E-state index in [-0.39, 0.29) is 0 Å². The fourth-order valence-electron chi connectivity index (χ4n) is 2.11. The molecule has 0 radical (unpaired) electrons. The molecule has 0 atom stereocenters. The maximum absolute atomic E-state index is 12.4. The van der Waals surface area contributed by atoms with E-state index in [1.807, 2.05) is 25.1 Å². The number of nitrogens with one attached hydrogen (secondary N) is 1. The lowest BCUT2D eigenvalue weighted by atomic mass is 10.2. The Morgan fingerprint density at radius 1 is 1.16 bits per heavy atom. The number of thiazole rings is 1. The number of phenols is 1. The number of hydrogen-bond donors (Lipinski definition) is 2. The van der Waals surface area contributed by atoms with E-state index in [1.54, 1.807) is 0 Å². The van der Waals surface area contributed by atoms with Crippen molar-refractivity contribution in [2.24, 2.45) is 0 Å². The van der Waals surface area contributed by atoms with Crippen LogP contribution in [0.3, 0.4) is 0 Å². The Morgan fingerprint density at radius 3 is 2.52 bits per heavy atom. The van der Waals surface area contributed by atoms with Gasteiger partial charge in [-0.1, -0.05) is 6.07 Å². The number of fused-ring (bicyclic) bond motifs is 1. The fraction of sp³-hybridized carbons (Fsp3) is 0.133. The minimum absolute atomic E-state index is 0.464. The number of alkyl halides is 3. The Hall–Kier alpha value is -2.33. The van der Waals surface area contributed by atoms with Crippen LogP contribution < -0.4 is 4.72 Å². The molecule has 2 aromatic carbocycles. The number of sulfonamides is 1. The molecule has 5 nitrogen and oxygen atoms in total. The summed E-state index contributed by atoms with van der Waals surface area (Å²) in [5.41, 5.74) is -3.75. The van der Waals surface area contributed by atoms with Crippen LogP contribution in [0.2, 0.25) is 0 Å². The molecule has 0 aliphatic heterocycles. The highest BCUT2D eigenvalue weighted by atomic mass is 32.2. The molecule has 3 aromatic rings. The van der Waals surface area contributed by atoms with Crippen LogP contribution in [-0.2, 0) is 10.0 Å². The summed E-state index contributed by atoms with van der Waals surface area (Å²) >= 11 is 1.36. The van der Waals surface area contributed by atoms with Gasteiger partial charge in [-0.2, -0.15) is 21.6 Å². The number of rotatable bonds is 3. The van der Waals surface area contributed by atoms with Gasteiger partial charge in [-0.25, -0.2) is 4.98 Å². The van der Waals surface area contributed by atoms with E-state index in [4.69, 9.17) is 0 Å². The van der Waals surface area contributed by atoms with Crippen molar-refractivity contribution in [3.05, 3.63) is 42.0 Å². The molecule has 0 spiro atoms. The molecule has 0 saturated heterocycles. The van der Waals surface area contributed by atoms with E-state index < -0.39 is 27.0 Å². The molecule has 132 valence electrons. The van der Waals surface area contributed by atoms with E-state index in [2.05, 4.69) is 4.98 Å². The zero-order valence-corrected chi connectivity index (χ0v) is 14.3. The summed E-state index contributed by atoms with van der Waals surface area (Å²) in [5, 5.41) is 10.4. The summed E-state index contributed by atoms with van der Waals surface area (Å²) in [7, 11) is -5.60. The van der Waals surface area contributed by atoms with Crippen molar-refractivity contribution in [1.82, 2.24) is 4.98 Å². The van der Waals surface area contributed by atoms with Crippen molar-refractivity contribution in [3.63, 3.8) is 0 Å². The molecule has 0 bridgehead atoms. The molecule has 1 heterocycles. The van der Waals surface area contributed by atoms with Gasteiger partial charge in [0.2, 0.25) is 0 Å². The smallest absolute Gasteiger partial charge is 0.506 e. The van der Waals surface area contributed by atoms with Crippen LogP contribution in [-0.4, -0.2) is 24.0 Å². The highest BCUT2D eigenvalue weighted by Gasteiger charge is 2.46. The molecule has 3 rings (SSSR count). The Kier molecular flexibility index (Phi) is 4.12. The number of aromatic nitrogens is 1. The molecule has 0 amide bonds. The number of nitrogens with zero attached hydrogens (tertiary/aromatic N) is 1. The van der Waals surface area contributed by atoms with Gasteiger partial charge in [0.1, 0.15) is 10.8 Å². The molecule has 2 N–H and O–H groups in total. The maximum Gasteiger partial charge on any atom is 0.516 e. The van der Waals surface area contributed by atoms with Crippen LogP contribution in [0.15, 0.2) is 36.4 Å². The van der Waals surface area contributed by atoms with Gasteiger partial charge in [-0.3, -0.25) is 4.72 Å². The van der Waals surface area contributed by atoms with Crippen LogP contribution in [0.4, 0.5) is 18.9 Å². The molecule has 0 saturated carbocycles. The first-order chi connectivity index (χ1) is 11.6. The third kappa shape index (κ3) is 3.40. The van der Waals surface area contributed by atoms with Crippen LogP contribution in [0.5, 0.6) is 5.75 Å². The van der Waals surface area contributed by atoms with Gasteiger partial charge in [-0.05, 0) is 42.8 Å². The normalized spacial score (nSPS) is 12.5. The molecular weight excluding hydrogens is 377 g/mol. The van der Waals surface area contributed by atoms with Crippen molar-refractivity contribution in [1.29, 1.82) is 0 Å². The predicted octanol–water partition coefficient (Wildman–Crippen LogP) is 4.24. The second-order valence-corrected chi connectivity index (χ2v) is 7.98. The van der Waals surface area contributed by atoms with Gasteiger partial charge in [0.05, 0.1) is 15.9 Å². The highest BCUT2D eigenvalue weighted by Crippen LogP contribution is 2.36. The number of anilines is 1. The number of hydrogen-bond acceptors (Lipinski definition) is 5. The van der Waals surface area contributed by atoms with Crippen LogP contribution in [0.1, 0.15) is 5.56 Å². The topological polar surface area (TPSA) is 79.3 Å². The average Bonchev–Trinajstić information content (AvgIpc) is 2.91. The van der Waals surface area contributed by atoms with Crippen molar-refractivity contribution in [2.45, 2.75) is 12.4 Å². The SMILES string of the molecule is Cc1ccc2nc(-c3ccc(NS(=O)(=O)C(F)(F)F)c(O)c3)sc2c1. The van der Waals surface area contributed by atoms with Crippen LogP contribution in [0, 0.1) is 6.92 Å². The second kappa shape index (κ2) is 5.88. The largest absolute Gasteiger partial charge is 0.516 e. The first kappa shape index (κ1) is 17.5. The fourth-order valence-corrected chi connectivity index (χ4v) is 3.75. The number of halogens is 3.